The van der Waals surface area contributed by atoms with Gasteiger partial charge in [-0.3, -0.25) is 9.97 Å². The number of hydrogen-bond donors (Lipinski definition) is 0. The van der Waals surface area contributed by atoms with Gasteiger partial charge in [-0.2, -0.15) is 0 Å². The van der Waals surface area contributed by atoms with Crippen molar-refractivity contribution in [3.8, 4) is 0 Å². The maximum absolute atomic E-state index is 4.91. The van der Waals surface area contributed by atoms with Crippen molar-refractivity contribution in [2.75, 3.05) is 0 Å². The Morgan fingerprint density at radius 2 is 1.63 bits per heavy atom. The van der Waals surface area contributed by atoms with Crippen molar-refractivity contribution in [1.82, 2.24) is 9.97 Å². The van der Waals surface area contributed by atoms with E-state index in [0.29, 0.717) is 5.66 Å². The number of pyridine rings is 2. The second-order valence-corrected chi connectivity index (χ2v) is 10.8. The highest BCUT2D eigenvalue weighted by molar-refractivity contribution is 7.67. The summed E-state index contributed by atoms with van der Waals surface area (Å²) < 4.78 is 0. The summed E-state index contributed by atoms with van der Waals surface area (Å²) in [6.07, 6.45) is 17.7. The molecule has 0 radical (unpaired) electrons. The van der Waals surface area contributed by atoms with Crippen LogP contribution >= 0.6 is 7.92 Å². The zero-order valence-electron chi connectivity index (χ0n) is 16.0. The van der Waals surface area contributed by atoms with Crippen LogP contribution in [0.2, 0.25) is 0 Å². The molecular formula is C24H29N2P. The molecule has 1 aliphatic heterocycles. The van der Waals surface area contributed by atoms with E-state index in [4.69, 9.17) is 9.97 Å². The highest BCUT2D eigenvalue weighted by atomic mass is 31.1. The van der Waals surface area contributed by atoms with E-state index in [-0.39, 0.29) is 7.92 Å². The molecular weight excluding hydrogens is 347 g/mol. The van der Waals surface area contributed by atoms with Crippen LogP contribution in [0.15, 0.2) is 60.4 Å². The van der Waals surface area contributed by atoms with Crippen molar-refractivity contribution < 1.29 is 0 Å². The van der Waals surface area contributed by atoms with Gasteiger partial charge < -0.3 is 0 Å². The van der Waals surface area contributed by atoms with Gasteiger partial charge in [0.1, 0.15) is 0 Å². The fourth-order valence-corrected chi connectivity index (χ4v) is 9.70. The molecule has 0 N–H and O–H groups in total. The van der Waals surface area contributed by atoms with E-state index >= 15 is 0 Å². The van der Waals surface area contributed by atoms with E-state index in [9.17, 15) is 0 Å². The Morgan fingerprint density at radius 3 is 2.37 bits per heavy atom. The van der Waals surface area contributed by atoms with Gasteiger partial charge in [0.05, 0.1) is 11.1 Å². The van der Waals surface area contributed by atoms with E-state index in [1.807, 2.05) is 18.5 Å². The number of rotatable bonds is 3. The van der Waals surface area contributed by atoms with Crippen molar-refractivity contribution in [1.29, 1.82) is 0 Å². The Bertz CT molecular complexity index is 783. The average molecular weight is 376 g/mol. The molecule has 27 heavy (non-hydrogen) atoms. The maximum Gasteiger partial charge on any atom is 0.0643 e. The summed E-state index contributed by atoms with van der Waals surface area (Å²) in [5.74, 6) is 1.65. The Kier molecular flexibility index (Phi) is 5.10. The molecule has 140 valence electrons. The predicted octanol–water partition coefficient (Wildman–Crippen LogP) is 6.01. The third-order valence-corrected chi connectivity index (χ3v) is 10.2. The lowest BCUT2D eigenvalue weighted by molar-refractivity contribution is 0.305. The van der Waals surface area contributed by atoms with Crippen molar-refractivity contribution in [2.24, 2.45) is 11.8 Å². The minimum absolute atomic E-state index is 0.358. The molecule has 2 fully saturated rings. The van der Waals surface area contributed by atoms with Crippen LogP contribution in [0.5, 0.6) is 0 Å². The van der Waals surface area contributed by atoms with Gasteiger partial charge in [-0.25, -0.2) is 0 Å². The lowest BCUT2D eigenvalue weighted by atomic mass is 9.75. The molecule has 2 unspecified atom stereocenters. The molecule has 0 aromatic carbocycles. The first-order valence-electron chi connectivity index (χ1n) is 10.7. The molecule has 2 aromatic rings. The highest BCUT2D eigenvalue weighted by Gasteiger charge is 2.51. The molecule has 0 spiro atoms. The number of hydrogen-bond acceptors (Lipinski definition) is 2. The van der Waals surface area contributed by atoms with Gasteiger partial charge in [0.2, 0.25) is 0 Å². The Hall–Kier alpha value is -1.53. The van der Waals surface area contributed by atoms with Crippen molar-refractivity contribution >= 4 is 13.4 Å². The van der Waals surface area contributed by atoms with Crippen LogP contribution in [0.25, 0.3) is 0 Å². The monoisotopic (exact) mass is 376 g/mol. The normalized spacial score (nSPS) is 31.3. The van der Waals surface area contributed by atoms with Crippen LogP contribution in [0.3, 0.4) is 0 Å². The highest BCUT2D eigenvalue weighted by Crippen LogP contribution is 2.71. The molecule has 3 heterocycles. The molecule has 3 aliphatic rings. The van der Waals surface area contributed by atoms with Crippen LogP contribution in [-0.2, 0) is 0 Å². The van der Waals surface area contributed by atoms with Crippen molar-refractivity contribution in [2.45, 2.75) is 62.7 Å². The summed E-state index contributed by atoms with van der Waals surface area (Å²) in [5.41, 5.74) is 5.63. The van der Waals surface area contributed by atoms with Crippen LogP contribution in [0, 0.1) is 11.8 Å². The topological polar surface area (TPSA) is 25.8 Å². The number of aromatic nitrogens is 2. The molecule has 2 nitrogen and oxygen atoms in total. The largest absolute Gasteiger partial charge is 0.260 e. The van der Waals surface area contributed by atoms with E-state index in [2.05, 4.69) is 36.4 Å². The third kappa shape index (κ3) is 3.27. The molecule has 3 heteroatoms. The first kappa shape index (κ1) is 17.6. The second-order valence-electron chi connectivity index (χ2n) is 8.38. The third-order valence-electron chi connectivity index (χ3n) is 6.87. The lowest BCUT2D eigenvalue weighted by Crippen LogP contribution is -2.29. The number of allylic oxidation sites excluding steroid dienone is 2. The molecule has 2 aromatic heterocycles. The lowest BCUT2D eigenvalue weighted by Gasteiger charge is -2.36. The first-order valence-corrected chi connectivity index (χ1v) is 12.2. The van der Waals surface area contributed by atoms with Gasteiger partial charge in [-0.15, -0.1) is 0 Å². The fraction of sp³-hybridized carbons (Fsp3) is 0.500. The zero-order chi connectivity index (χ0) is 18.1. The number of fused-ring (bicyclic) bond motifs is 1. The molecule has 4 atom stereocenters. The quantitative estimate of drug-likeness (QED) is 0.484. The zero-order valence-corrected chi connectivity index (χ0v) is 16.9. The summed E-state index contributed by atoms with van der Waals surface area (Å²) >= 11 is 0. The van der Waals surface area contributed by atoms with Gasteiger partial charge in [-0.1, -0.05) is 43.0 Å². The van der Waals surface area contributed by atoms with Crippen LogP contribution in [-0.4, -0.2) is 15.6 Å². The van der Waals surface area contributed by atoms with Crippen molar-refractivity contribution in [3.05, 3.63) is 66.1 Å². The maximum atomic E-state index is 4.91. The summed E-state index contributed by atoms with van der Waals surface area (Å²) in [6, 6.07) is 13.0. The average Bonchev–Trinajstić information content (AvgIpc) is 3.11. The molecule has 2 aliphatic carbocycles. The predicted molar refractivity (Wildman–Crippen MR) is 114 cm³/mol. The fourth-order valence-electron chi connectivity index (χ4n) is 5.81. The Balaban J connectivity index is 1.64. The van der Waals surface area contributed by atoms with Crippen molar-refractivity contribution in [3.63, 3.8) is 0 Å². The Morgan fingerprint density at radius 1 is 0.815 bits per heavy atom. The van der Waals surface area contributed by atoms with E-state index in [1.54, 1.807) is 5.57 Å². The standard InChI is InChI=1S/C24H29N2P/c1-2-10-18(11-3-1)23-19-12-4-5-13-20(19)24(21-14-6-8-16-25-21)27(23)22-15-7-9-17-26-22/h6-9,13-19,23-24H,1-5,10-12H2/t19?,23?,24-,27-/m0/s1. The van der Waals surface area contributed by atoms with E-state index in [1.165, 1.54) is 62.5 Å². The smallest absolute Gasteiger partial charge is 0.0643 e. The van der Waals surface area contributed by atoms with Gasteiger partial charge >= 0.3 is 0 Å². The molecule has 0 amide bonds. The minimum atomic E-state index is -0.358. The van der Waals surface area contributed by atoms with Gasteiger partial charge in [0, 0.05) is 18.1 Å². The summed E-state index contributed by atoms with van der Waals surface area (Å²) in [5, 5.41) is 0. The van der Waals surface area contributed by atoms with Crippen LogP contribution in [0.1, 0.15) is 62.7 Å². The second kappa shape index (κ2) is 7.84. The van der Waals surface area contributed by atoms with Gasteiger partial charge in [0.15, 0.2) is 0 Å². The summed E-state index contributed by atoms with van der Waals surface area (Å²) in [6.45, 7) is 0. The van der Waals surface area contributed by atoms with Gasteiger partial charge in [-0.05, 0) is 81.8 Å². The molecule has 1 saturated heterocycles. The van der Waals surface area contributed by atoms with Gasteiger partial charge in [0.25, 0.3) is 0 Å². The minimum Gasteiger partial charge on any atom is -0.260 e. The van der Waals surface area contributed by atoms with E-state index in [0.717, 1.165) is 17.5 Å². The number of nitrogens with zero attached hydrogens (tertiary/aromatic N) is 2. The molecule has 1 saturated carbocycles. The molecule has 5 rings (SSSR count). The molecule has 0 bridgehead atoms. The van der Waals surface area contributed by atoms with Crippen LogP contribution < -0.4 is 5.44 Å². The van der Waals surface area contributed by atoms with E-state index < -0.39 is 0 Å². The summed E-state index contributed by atoms with van der Waals surface area (Å²) in [7, 11) is -0.358. The SMILES string of the molecule is C1=C2C(CCC1)C(C1CCCCC1)[P@](c1ccccn1)[C@@H]2c1ccccn1. The Labute approximate surface area is 164 Å². The first-order chi connectivity index (χ1) is 13.4. The summed E-state index contributed by atoms with van der Waals surface area (Å²) in [4.78, 5) is 9.77. The van der Waals surface area contributed by atoms with Crippen LogP contribution in [0.4, 0.5) is 0 Å².